The highest BCUT2D eigenvalue weighted by atomic mass is 19.1. The predicted octanol–water partition coefficient (Wildman–Crippen LogP) is 1.28. The molecule has 0 unspecified atom stereocenters. The average Bonchev–Trinajstić information content (AvgIpc) is 2.92. The molecule has 1 aliphatic rings. The molecule has 0 saturated carbocycles. The molecule has 38 heavy (non-hydrogen) atoms. The number of methoxy groups -OCH3 is 1. The monoisotopic (exact) mass is 532 g/mol. The molecule has 0 radical (unpaired) electrons. The Morgan fingerprint density at radius 2 is 1.53 bits per heavy atom. The number of halogens is 1. The van der Waals surface area contributed by atoms with E-state index in [0.717, 1.165) is 43.2 Å². The number of hydrogen-bond donors (Lipinski definition) is 3. The van der Waals surface area contributed by atoms with Gasteiger partial charge in [0.15, 0.2) is 0 Å². The minimum absolute atomic E-state index is 0.0162. The van der Waals surface area contributed by atoms with Crippen molar-refractivity contribution in [2.45, 2.75) is 13.5 Å². The van der Waals surface area contributed by atoms with E-state index in [1.807, 2.05) is 31.2 Å². The summed E-state index contributed by atoms with van der Waals surface area (Å²) in [5.74, 6) is -3.41. The zero-order valence-electron chi connectivity index (χ0n) is 21.4. The summed E-state index contributed by atoms with van der Waals surface area (Å²) in [4.78, 5) is 49.2. The lowest BCUT2D eigenvalue weighted by atomic mass is 10.2. The van der Waals surface area contributed by atoms with Gasteiger partial charge in [-0.3, -0.25) is 14.5 Å². The molecular weight excluding hydrogens is 499 g/mol. The van der Waals surface area contributed by atoms with Crippen molar-refractivity contribution in [2.24, 2.45) is 0 Å². The summed E-state index contributed by atoms with van der Waals surface area (Å²) < 4.78 is 18.2. The van der Waals surface area contributed by atoms with Gasteiger partial charge in [0, 0.05) is 45.0 Å². The van der Waals surface area contributed by atoms with Crippen LogP contribution in [0.2, 0.25) is 0 Å². The lowest BCUT2D eigenvalue weighted by molar-refractivity contribution is -0.159. The number of ether oxygens (including phenoxy) is 1. The molecule has 1 fully saturated rings. The molecule has 0 aliphatic carbocycles. The Morgan fingerprint density at radius 3 is 2.03 bits per heavy atom. The fourth-order valence-corrected chi connectivity index (χ4v) is 3.66. The van der Waals surface area contributed by atoms with E-state index < -0.39 is 11.9 Å². The first-order valence-corrected chi connectivity index (χ1v) is 12.0. The van der Waals surface area contributed by atoms with Gasteiger partial charge in [-0.15, -0.1) is 0 Å². The van der Waals surface area contributed by atoms with Crippen LogP contribution in [0.15, 0.2) is 48.5 Å². The molecular formula is C26H33FN4O7. The van der Waals surface area contributed by atoms with E-state index in [9.17, 15) is 14.0 Å². The maximum atomic E-state index is 13.0. The number of benzene rings is 2. The van der Waals surface area contributed by atoms with E-state index in [1.165, 1.54) is 12.1 Å². The second-order valence-corrected chi connectivity index (χ2v) is 8.38. The first-order chi connectivity index (χ1) is 18.1. The Balaban J connectivity index is 0.000000757. The number of carbonyl (C=O) groups excluding carboxylic acids is 2. The number of aliphatic carboxylic acids is 2. The minimum atomic E-state index is -1.82. The zero-order chi connectivity index (χ0) is 28.1. The molecule has 2 aromatic rings. The highest BCUT2D eigenvalue weighted by Crippen LogP contribution is 2.20. The van der Waals surface area contributed by atoms with Crippen LogP contribution < -0.4 is 15.0 Å². The van der Waals surface area contributed by atoms with E-state index in [2.05, 4.69) is 15.1 Å². The topological polar surface area (TPSA) is 140 Å². The van der Waals surface area contributed by atoms with E-state index in [-0.39, 0.29) is 24.2 Å². The Kier molecular flexibility index (Phi) is 12.0. The number of carboxylic acid groups (broad SMARTS) is 2. The zero-order valence-corrected chi connectivity index (χ0v) is 21.4. The van der Waals surface area contributed by atoms with Gasteiger partial charge in [0.2, 0.25) is 11.8 Å². The predicted molar refractivity (Wildman–Crippen MR) is 137 cm³/mol. The molecule has 0 spiro atoms. The van der Waals surface area contributed by atoms with Crippen LogP contribution in [0.25, 0.3) is 0 Å². The van der Waals surface area contributed by atoms with Gasteiger partial charge < -0.3 is 30.1 Å². The molecule has 1 saturated heterocycles. The number of nitrogens with zero attached hydrogens (tertiary/aromatic N) is 3. The third-order valence-electron chi connectivity index (χ3n) is 5.82. The van der Waals surface area contributed by atoms with Crippen LogP contribution in [0.1, 0.15) is 12.5 Å². The van der Waals surface area contributed by atoms with E-state index in [4.69, 9.17) is 24.5 Å². The van der Waals surface area contributed by atoms with Gasteiger partial charge in [0.1, 0.15) is 11.6 Å². The molecule has 206 valence electrons. The van der Waals surface area contributed by atoms with Gasteiger partial charge in [-0.05, 0) is 48.9 Å². The minimum Gasteiger partial charge on any atom is -0.497 e. The number of carboxylic acids is 2. The molecule has 1 aliphatic heterocycles. The van der Waals surface area contributed by atoms with Crippen LogP contribution in [-0.2, 0) is 25.7 Å². The van der Waals surface area contributed by atoms with Crippen LogP contribution in [-0.4, -0.2) is 96.7 Å². The van der Waals surface area contributed by atoms with Gasteiger partial charge in [-0.2, -0.15) is 0 Å². The fraction of sp³-hybridized carbons (Fsp3) is 0.385. The maximum absolute atomic E-state index is 13.0. The van der Waals surface area contributed by atoms with Gasteiger partial charge in [0.25, 0.3) is 0 Å². The maximum Gasteiger partial charge on any atom is 0.414 e. The number of nitrogens with one attached hydrogen (secondary N) is 1. The van der Waals surface area contributed by atoms with Crippen molar-refractivity contribution in [3.63, 3.8) is 0 Å². The molecule has 11 nitrogen and oxygen atoms in total. The summed E-state index contributed by atoms with van der Waals surface area (Å²) in [5.41, 5.74) is 1.95. The summed E-state index contributed by atoms with van der Waals surface area (Å²) in [6.07, 6.45) is 0. The molecule has 0 atom stereocenters. The van der Waals surface area contributed by atoms with Crippen LogP contribution in [0.3, 0.4) is 0 Å². The van der Waals surface area contributed by atoms with Gasteiger partial charge in [-0.25, -0.2) is 14.0 Å². The quantitative estimate of drug-likeness (QED) is 0.408. The summed E-state index contributed by atoms with van der Waals surface area (Å²) in [7, 11) is 1.65. The van der Waals surface area contributed by atoms with Crippen LogP contribution in [0, 0.1) is 5.82 Å². The van der Waals surface area contributed by atoms with Crippen molar-refractivity contribution in [3.8, 4) is 5.75 Å². The van der Waals surface area contributed by atoms with Crippen molar-refractivity contribution in [2.75, 3.05) is 57.8 Å². The Morgan fingerprint density at radius 1 is 0.947 bits per heavy atom. The second-order valence-electron chi connectivity index (χ2n) is 8.38. The van der Waals surface area contributed by atoms with Gasteiger partial charge in [-0.1, -0.05) is 12.1 Å². The van der Waals surface area contributed by atoms with Crippen molar-refractivity contribution in [1.82, 2.24) is 15.1 Å². The smallest absolute Gasteiger partial charge is 0.414 e. The first kappa shape index (κ1) is 30.0. The number of likely N-dealkylation sites (N-methyl/N-ethyl adjacent to an activating group) is 1. The van der Waals surface area contributed by atoms with Crippen molar-refractivity contribution in [1.29, 1.82) is 0 Å². The second kappa shape index (κ2) is 15.2. The average molecular weight is 533 g/mol. The number of carbonyl (C=O) groups is 4. The van der Waals surface area contributed by atoms with Crippen molar-refractivity contribution in [3.05, 3.63) is 59.9 Å². The lowest BCUT2D eigenvalue weighted by Crippen LogP contribution is -2.51. The van der Waals surface area contributed by atoms with Crippen molar-refractivity contribution < 1.29 is 38.5 Å². The number of anilines is 1. The van der Waals surface area contributed by atoms with E-state index in [0.29, 0.717) is 19.6 Å². The van der Waals surface area contributed by atoms with Crippen LogP contribution >= 0.6 is 0 Å². The van der Waals surface area contributed by atoms with Gasteiger partial charge in [0.05, 0.1) is 20.2 Å². The fourth-order valence-electron chi connectivity index (χ4n) is 3.66. The summed E-state index contributed by atoms with van der Waals surface area (Å²) in [6.45, 7) is 6.20. The van der Waals surface area contributed by atoms with E-state index >= 15 is 0 Å². The molecule has 0 bridgehead atoms. The number of hydrogen-bond acceptors (Lipinski definition) is 7. The summed E-state index contributed by atoms with van der Waals surface area (Å²) in [5, 5.41) is 17.6. The molecule has 0 aromatic heterocycles. The summed E-state index contributed by atoms with van der Waals surface area (Å²) >= 11 is 0. The molecule has 2 amide bonds. The molecule has 3 rings (SSSR count). The van der Waals surface area contributed by atoms with Crippen molar-refractivity contribution >= 4 is 29.4 Å². The third kappa shape index (κ3) is 10.1. The molecule has 2 aromatic carbocycles. The van der Waals surface area contributed by atoms with Gasteiger partial charge >= 0.3 is 11.9 Å². The largest absolute Gasteiger partial charge is 0.497 e. The number of rotatable bonds is 9. The third-order valence-corrected chi connectivity index (χ3v) is 5.82. The SMILES string of the molecule is CCN(CC(=O)NCc1ccc(F)cc1)C(=O)CN1CCN(c2ccc(OC)cc2)CC1.O=C(O)C(=O)O. The first-order valence-electron chi connectivity index (χ1n) is 12.0. The number of amides is 2. The summed E-state index contributed by atoms with van der Waals surface area (Å²) in [6, 6.07) is 14.0. The van der Waals surface area contributed by atoms with E-state index in [1.54, 1.807) is 24.1 Å². The van der Waals surface area contributed by atoms with Crippen LogP contribution in [0.5, 0.6) is 5.75 Å². The Hall–Kier alpha value is -4.19. The Labute approximate surface area is 220 Å². The highest BCUT2D eigenvalue weighted by Gasteiger charge is 2.22. The van der Waals surface area contributed by atoms with Crippen LogP contribution in [0.4, 0.5) is 10.1 Å². The number of piperazine rings is 1. The molecule has 1 heterocycles. The normalized spacial score (nSPS) is 13.1. The molecule has 3 N–H and O–H groups in total. The lowest BCUT2D eigenvalue weighted by Gasteiger charge is -2.36. The molecule has 12 heteroatoms. The highest BCUT2D eigenvalue weighted by molar-refractivity contribution is 6.27. The standard InChI is InChI=1S/C24H31FN4O3.C2H2O4/c1-3-28(17-23(30)26-16-19-4-6-20(25)7-5-19)24(31)18-27-12-14-29(15-13-27)21-8-10-22(32-2)11-9-21;3-1(4)2(5)6/h4-11H,3,12-18H2,1-2H3,(H,26,30);(H,3,4)(H,5,6). The Bertz CT molecular complexity index is 1060.